The first kappa shape index (κ1) is 14.8. The van der Waals surface area contributed by atoms with Crippen LogP contribution in [0.25, 0.3) is 0 Å². The molecule has 0 aliphatic heterocycles. The molecular formula is C17H17BrO2. The lowest BCUT2D eigenvalue weighted by Crippen LogP contribution is -2.13. The standard InChI is InChI=1S/C17H17BrO2/c1-11-4-6-14(13(3)8-11)16(19)10-20-17-7-5-12(2)9-15(17)18/h4-9H,10H2,1-3H3. The van der Waals surface area contributed by atoms with E-state index >= 15 is 0 Å². The molecule has 0 bridgehead atoms. The number of halogens is 1. The number of hydrogen-bond acceptors (Lipinski definition) is 2. The molecule has 0 saturated carbocycles. The zero-order valence-electron chi connectivity index (χ0n) is 11.9. The Morgan fingerprint density at radius 2 is 1.70 bits per heavy atom. The molecule has 2 nitrogen and oxygen atoms in total. The van der Waals surface area contributed by atoms with E-state index in [4.69, 9.17) is 4.74 Å². The number of rotatable bonds is 4. The molecule has 0 aliphatic rings. The van der Waals surface area contributed by atoms with Crippen molar-refractivity contribution in [3.8, 4) is 5.75 Å². The molecular weight excluding hydrogens is 316 g/mol. The van der Waals surface area contributed by atoms with Crippen LogP contribution in [0.3, 0.4) is 0 Å². The molecule has 104 valence electrons. The van der Waals surface area contributed by atoms with Crippen molar-refractivity contribution in [2.45, 2.75) is 20.8 Å². The lowest BCUT2D eigenvalue weighted by Gasteiger charge is -2.10. The van der Waals surface area contributed by atoms with Gasteiger partial charge in [-0.1, -0.05) is 29.8 Å². The van der Waals surface area contributed by atoms with E-state index in [1.165, 1.54) is 0 Å². The zero-order valence-corrected chi connectivity index (χ0v) is 13.5. The molecule has 0 radical (unpaired) electrons. The molecule has 0 aromatic heterocycles. The van der Waals surface area contributed by atoms with Gasteiger partial charge in [-0.15, -0.1) is 0 Å². The number of benzene rings is 2. The Kier molecular flexibility index (Phi) is 4.61. The summed E-state index contributed by atoms with van der Waals surface area (Å²) in [4.78, 5) is 12.2. The Morgan fingerprint density at radius 3 is 2.35 bits per heavy atom. The van der Waals surface area contributed by atoms with E-state index in [-0.39, 0.29) is 12.4 Å². The quantitative estimate of drug-likeness (QED) is 0.762. The highest BCUT2D eigenvalue weighted by Crippen LogP contribution is 2.26. The van der Waals surface area contributed by atoms with Crippen molar-refractivity contribution in [3.63, 3.8) is 0 Å². The Morgan fingerprint density at radius 1 is 1.05 bits per heavy atom. The molecule has 3 heteroatoms. The average Bonchev–Trinajstić information content (AvgIpc) is 2.37. The van der Waals surface area contributed by atoms with Gasteiger partial charge in [0.15, 0.2) is 12.4 Å². The number of ketones is 1. The Bertz CT molecular complexity index is 647. The highest BCUT2D eigenvalue weighted by Gasteiger charge is 2.11. The van der Waals surface area contributed by atoms with Gasteiger partial charge in [0.05, 0.1) is 4.47 Å². The minimum absolute atomic E-state index is 0.00465. The number of carbonyl (C=O) groups excluding carboxylic acids is 1. The number of Topliss-reactive ketones (excluding diaryl/α,β-unsaturated/α-hetero) is 1. The molecule has 0 amide bonds. The average molecular weight is 333 g/mol. The maximum absolute atomic E-state index is 12.2. The lowest BCUT2D eigenvalue weighted by atomic mass is 10.0. The first-order chi connectivity index (χ1) is 9.47. The third kappa shape index (κ3) is 3.48. The molecule has 0 heterocycles. The van der Waals surface area contributed by atoms with Crippen LogP contribution in [-0.2, 0) is 0 Å². The van der Waals surface area contributed by atoms with Crippen LogP contribution in [0.4, 0.5) is 0 Å². The summed E-state index contributed by atoms with van der Waals surface area (Å²) in [5.74, 6) is 0.684. The van der Waals surface area contributed by atoms with Gasteiger partial charge in [-0.3, -0.25) is 4.79 Å². The van der Waals surface area contributed by atoms with Crippen LogP contribution in [0.1, 0.15) is 27.0 Å². The summed E-state index contributed by atoms with van der Waals surface area (Å²) in [6, 6.07) is 11.6. The van der Waals surface area contributed by atoms with Gasteiger partial charge < -0.3 is 4.74 Å². The predicted molar refractivity (Wildman–Crippen MR) is 84.6 cm³/mol. The van der Waals surface area contributed by atoms with Crippen LogP contribution in [0.5, 0.6) is 5.75 Å². The van der Waals surface area contributed by atoms with E-state index < -0.39 is 0 Å². The molecule has 0 N–H and O–H groups in total. The minimum Gasteiger partial charge on any atom is -0.484 e. The maximum atomic E-state index is 12.2. The largest absolute Gasteiger partial charge is 0.484 e. The summed E-state index contributed by atoms with van der Waals surface area (Å²) in [5.41, 5.74) is 4.01. The van der Waals surface area contributed by atoms with Crippen molar-refractivity contribution >= 4 is 21.7 Å². The van der Waals surface area contributed by atoms with Crippen LogP contribution in [-0.4, -0.2) is 12.4 Å². The van der Waals surface area contributed by atoms with E-state index in [0.717, 1.165) is 26.7 Å². The highest BCUT2D eigenvalue weighted by molar-refractivity contribution is 9.10. The van der Waals surface area contributed by atoms with Gasteiger partial charge in [0.1, 0.15) is 5.75 Å². The van der Waals surface area contributed by atoms with Gasteiger partial charge >= 0.3 is 0 Å². The van der Waals surface area contributed by atoms with Crippen LogP contribution in [0.2, 0.25) is 0 Å². The van der Waals surface area contributed by atoms with Gasteiger partial charge in [0.25, 0.3) is 0 Å². The maximum Gasteiger partial charge on any atom is 0.200 e. The molecule has 0 saturated heterocycles. The van der Waals surface area contributed by atoms with Crippen molar-refractivity contribution in [3.05, 3.63) is 63.1 Å². The van der Waals surface area contributed by atoms with Gasteiger partial charge in [-0.05, 0) is 60.0 Å². The second-order valence-electron chi connectivity index (χ2n) is 4.96. The monoisotopic (exact) mass is 332 g/mol. The van der Waals surface area contributed by atoms with Gasteiger partial charge in [0.2, 0.25) is 0 Å². The van der Waals surface area contributed by atoms with Crippen molar-refractivity contribution in [1.82, 2.24) is 0 Å². The van der Waals surface area contributed by atoms with E-state index in [1.807, 2.05) is 57.2 Å². The number of ether oxygens (including phenoxy) is 1. The summed E-state index contributed by atoms with van der Waals surface area (Å²) in [5, 5.41) is 0. The Hall–Kier alpha value is -1.61. The van der Waals surface area contributed by atoms with Crippen LogP contribution in [0, 0.1) is 20.8 Å². The second kappa shape index (κ2) is 6.23. The van der Waals surface area contributed by atoms with E-state index in [2.05, 4.69) is 15.9 Å². The molecule has 0 unspecified atom stereocenters. The molecule has 20 heavy (non-hydrogen) atoms. The summed E-state index contributed by atoms with van der Waals surface area (Å²) in [6.07, 6.45) is 0. The minimum atomic E-state index is -0.00465. The Labute approximate surface area is 127 Å². The molecule has 2 aromatic carbocycles. The van der Waals surface area contributed by atoms with Crippen molar-refractivity contribution < 1.29 is 9.53 Å². The van der Waals surface area contributed by atoms with Crippen molar-refractivity contribution in [2.75, 3.05) is 6.61 Å². The Balaban J connectivity index is 2.08. The van der Waals surface area contributed by atoms with Crippen LogP contribution < -0.4 is 4.74 Å². The molecule has 0 aliphatic carbocycles. The predicted octanol–water partition coefficient (Wildman–Crippen LogP) is 4.64. The summed E-state index contributed by atoms with van der Waals surface area (Å²) < 4.78 is 6.46. The summed E-state index contributed by atoms with van der Waals surface area (Å²) in [6.45, 7) is 6.02. The van der Waals surface area contributed by atoms with Gasteiger partial charge in [-0.25, -0.2) is 0 Å². The fourth-order valence-electron chi connectivity index (χ4n) is 2.07. The fraction of sp³-hybridized carbons (Fsp3) is 0.235. The highest BCUT2D eigenvalue weighted by atomic mass is 79.9. The third-order valence-corrected chi connectivity index (χ3v) is 3.75. The molecule has 0 atom stereocenters. The van der Waals surface area contributed by atoms with E-state index in [1.54, 1.807) is 0 Å². The molecule has 0 spiro atoms. The summed E-state index contributed by atoms with van der Waals surface area (Å²) in [7, 11) is 0. The van der Waals surface area contributed by atoms with Crippen LogP contribution in [0.15, 0.2) is 40.9 Å². The lowest BCUT2D eigenvalue weighted by molar-refractivity contribution is 0.0920. The first-order valence-corrected chi connectivity index (χ1v) is 7.26. The first-order valence-electron chi connectivity index (χ1n) is 6.47. The van der Waals surface area contributed by atoms with Crippen LogP contribution >= 0.6 is 15.9 Å². The SMILES string of the molecule is Cc1ccc(C(=O)COc2ccc(C)cc2Br)c(C)c1. The van der Waals surface area contributed by atoms with E-state index in [0.29, 0.717) is 5.75 Å². The zero-order chi connectivity index (χ0) is 14.7. The van der Waals surface area contributed by atoms with Gasteiger partial charge in [-0.2, -0.15) is 0 Å². The smallest absolute Gasteiger partial charge is 0.200 e. The summed E-state index contributed by atoms with van der Waals surface area (Å²) >= 11 is 3.44. The third-order valence-electron chi connectivity index (χ3n) is 3.13. The van der Waals surface area contributed by atoms with Crippen molar-refractivity contribution in [2.24, 2.45) is 0 Å². The molecule has 0 fully saturated rings. The molecule has 2 aromatic rings. The van der Waals surface area contributed by atoms with Crippen molar-refractivity contribution in [1.29, 1.82) is 0 Å². The van der Waals surface area contributed by atoms with E-state index in [9.17, 15) is 4.79 Å². The normalized spacial score (nSPS) is 10.4. The number of carbonyl (C=O) groups is 1. The number of aryl methyl sites for hydroxylation is 3. The second-order valence-corrected chi connectivity index (χ2v) is 5.82. The number of hydrogen-bond donors (Lipinski definition) is 0. The fourth-order valence-corrected chi connectivity index (χ4v) is 2.68. The molecule has 2 rings (SSSR count). The van der Waals surface area contributed by atoms with Gasteiger partial charge in [0, 0.05) is 5.56 Å². The topological polar surface area (TPSA) is 26.3 Å².